The van der Waals surface area contributed by atoms with E-state index in [0.29, 0.717) is 0 Å². The molecule has 0 amide bonds. The van der Waals surface area contributed by atoms with Crippen molar-refractivity contribution in [3.8, 4) is 0 Å². The summed E-state index contributed by atoms with van der Waals surface area (Å²) in [4.78, 5) is 25.1. The van der Waals surface area contributed by atoms with Gasteiger partial charge in [0.1, 0.15) is 6.10 Å². The molecule has 0 N–H and O–H groups in total. The van der Waals surface area contributed by atoms with E-state index in [9.17, 15) is 9.59 Å². The smallest absolute Gasteiger partial charge is 0.377 e. The molecule has 0 fully saturated rings. The van der Waals surface area contributed by atoms with Gasteiger partial charge in [0.25, 0.3) is 0 Å². The molecule has 0 bridgehead atoms. The maximum absolute atomic E-state index is 15.0. The van der Waals surface area contributed by atoms with Gasteiger partial charge in [-0.15, -0.1) is 0 Å². The highest BCUT2D eigenvalue weighted by Crippen LogP contribution is 2.39. The number of carbonyl (C=O) groups is 2. The van der Waals surface area contributed by atoms with Crippen molar-refractivity contribution in [1.29, 1.82) is 0 Å². The fourth-order valence-electron chi connectivity index (χ4n) is 3.82. The molecule has 4 nitrogen and oxygen atoms in total. The van der Waals surface area contributed by atoms with Crippen molar-refractivity contribution < 1.29 is 27.8 Å². The Kier molecular flexibility index (Phi) is 9.15. The summed E-state index contributed by atoms with van der Waals surface area (Å²) in [5, 5.41) is 0. The summed E-state index contributed by atoms with van der Waals surface area (Å²) < 4.78 is 39.3. The lowest BCUT2D eigenvalue weighted by Crippen LogP contribution is -2.48. The predicted molar refractivity (Wildman–Crippen MR) is 134 cm³/mol. The Morgan fingerprint density at radius 3 is 1.74 bits per heavy atom. The molecular formula is C28H27BrF2O4. The number of benzene rings is 3. The van der Waals surface area contributed by atoms with Crippen molar-refractivity contribution >= 4 is 27.9 Å². The van der Waals surface area contributed by atoms with Crippen LogP contribution in [-0.2, 0) is 27.1 Å². The minimum absolute atomic E-state index is 0.184. The van der Waals surface area contributed by atoms with Crippen molar-refractivity contribution in [2.45, 2.75) is 42.5 Å². The van der Waals surface area contributed by atoms with Crippen LogP contribution in [0.5, 0.6) is 0 Å². The van der Waals surface area contributed by atoms with Crippen LogP contribution in [0.15, 0.2) is 91.0 Å². The average molecular weight is 545 g/mol. The van der Waals surface area contributed by atoms with Crippen LogP contribution in [0, 0.1) is 0 Å². The first-order chi connectivity index (χ1) is 16.7. The van der Waals surface area contributed by atoms with Crippen LogP contribution < -0.4 is 0 Å². The first kappa shape index (κ1) is 26.5. The number of halogens is 3. The van der Waals surface area contributed by atoms with Gasteiger partial charge in [-0.2, -0.15) is 8.78 Å². The van der Waals surface area contributed by atoms with Gasteiger partial charge in [0.15, 0.2) is 0 Å². The van der Waals surface area contributed by atoms with Gasteiger partial charge in [-0.3, -0.25) is 0 Å². The van der Waals surface area contributed by atoms with Gasteiger partial charge in [0.2, 0.25) is 0 Å². The predicted octanol–water partition coefficient (Wildman–Crippen LogP) is 6.42. The Bertz CT molecular complexity index is 1050. The Morgan fingerprint density at radius 1 is 0.829 bits per heavy atom. The molecule has 0 aliphatic heterocycles. The Balaban J connectivity index is 2.02. The first-order valence-electron chi connectivity index (χ1n) is 11.3. The van der Waals surface area contributed by atoms with E-state index >= 15 is 8.78 Å². The molecule has 0 heterocycles. The lowest BCUT2D eigenvalue weighted by atomic mass is 9.85. The second-order valence-corrected chi connectivity index (χ2v) is 9.83. The van der Waals surface area contributed by atoms with Crippen molar-refractivity contribution in [3.05, 3.63) is 108 Å². The molecule has 35 heavy (non-hydrogen) atoms. The van der Waals surface area contributed by atoms with Gasteiger partial charge >= 0.3 is 17.9 Å². The molecule has 7 heteroatoms. The number of esters is 2. The van der Waals surface area contributed by atoms with Crippen molar-refractivity contribution in [3.63, 3.8) is 0 Å². The number of carbonyl (C=O) groups excluding carboxylic acids is 2. The minimum atomic E-state index is -3.86. The van der Waals surface area contributed by atoms with E-state index in [1.807, 2.05) is 60.7 Å². The zero-order valence-electron chi connectivity index (χ0n) is 19.3. The Labute approximate surface area is 212 Å². The summed E-state index contributed by atoms with van der Waals surface area (Å²) >= 11 is 3.70. The quantitative estimate of drug-likeness (QED) is 0.206. The lowest BCUT2D eigenvalue weighted by Gasteiger charge is -2.37. The van der Waals surface area contributed by atoms with Crippen LogP contribution in [-0.4, -0.2) is 34.9 Å². The maximum atomic E-state index is 15.0. The van der Waals surface area contributed by atoms with E-state index in [0.717, 1.165) is 11.1 Å². The third kappa shape index (κ3) is 7.46. The van der Waals surface area contributed by atoms with Crippen LogP contribution in [0.3, 0.4) is 0 Å². The summed E-state index contributed by atoms with van der Waals surface area (Å²) in [7, 11) is 0. The van der Waals surface area contributed by atoms with E-state index < -0.39 is 34.7 Å². The number of hydrogen-bond acceptors (Lipinski definition) is 4. The lowest BCUT2D eigenvalue weighted by molar-refractivity contribution is -0.176. The zero-order valence-corrected chi connectivity index (χ0v) is 20.9. The van der Waals surface area contributed by atoms with Crippen LogP contribution in [0.2, 0.25) is 0 Å². The molecular weight excluding hydrogens is 518 g/mol. The summed E-state index contributed by atoms with van der Waals surface area (Å²) in [6.07, 6.45) is -1.85. The highest BCUT2D eigenvalue weighted by molar-refractivity contribution is 9.10. The van der Waals surface area contributed by atoms with Gasteiger partial charge in [-0.1, -0.05) is 94.8 Å². The zero-order chi connectivity index (χ0) is 25.3. The van der Waals surface area contributed by atoms with Crippen LogP contribution in [0.4, 0.5) is 8.78 Å². The van der Waals surface area contributed by atoms with Crippen LogP contribution >= 0.6 is 15.9 Å². The summed E-state index contributed by atoms with van der Waals surface area (Å²) in [6.45, 7) is 1.27. The molecule has 0 aromatic heterocycles. The number of alkyl halides is 3. The van der Waals surface area contributed by atoms with Crippen molar-refractivity contribution in [1.82, 2.24) is 0 Å². The summed E-state index contributed by atoms with van der Waals surface area (Å²) in [6, 6.07) is 26.8. The van der Waals surface area contributed by atoms with Crippen LogP contribution in [0.25, 0.3) is 0 Å². The SMILES string of the molecule is CCOC(=O)C(F)(F)CC(OC(=O)c1ccccc1)C(Br)(Cc1ccccc1)Cc1ccccc1. The molecule has 0 aliphatic rings. The van der Waals surface area contributed by atoms with Crippen molar-refractivity contribution in [2.75, 3.05) is 6.61 Å². The third-order valence-electron chi connectivity index (χ3n) is 5.53. The topological polar surface area (TPSA) is 52.6 Å². The van der Waals surface area contributed by atoms with Gasteiger partial charge in [0.05, 0.1) is 22.9 Å². The Hall–Kier alpha value is -3.06. The molecule has 1 atom stereocenters. The van der Waals surface area contributed by atoms with E-state index in [1.165, 1.54) is 6.92 Å². The third-order valence-corrected chi connectivity index (χ3v) is 6.60. The summed E-state index contributed by atoms with van der Waals surface area (Å²) in [5.41, 5.74) is 1.95. The molecule has 3 aromatic carbocycles. The standard InChI is InChI=1S/C28H27BrF2O4/c1-2-34-26(33)28(30,31)20-24(35-25(32)23-16-10-5-11-17-23)27(29,18-21-12-6-3-7-13-21)19-22-14-8-4-9-15-22/h3-17,24H,2,18-20H2,1H3. The van der Waals surface area contributed by atoms with E-state index in [1.54, 1.807) is 30.3 Å². The largest absolute Gasteiger partial charge is 0.462 e. The second-order valence-electron chi connectivity index (χ2n) is 8.25. The Morgan fingerprint density at radius 2 is 1.29 bits per heavy atom. The van der Waals surface area contributed by atoms with Gasteiger partial charge < -0.3 is 9.47 Å². The van der Waals surface area contributed by atoms with E-state index in [2.05, 4.69) is 20.7 Å². The van der Waals surface area contributed by atoms with Crippen molar-refractivity contribution in [2.24, 2.45) is 0 Å². The molecule has 3 rings (SSSR count). The fourth-order valence-corrected chi connectivity index (χ4v) is 4.72. The molecule has 0 aliphatic carbocycles. The number of hydrogen-bond donors (Lipinski definition) is 0. The molecule has 184 valence electrons. The summed E-state index contributed by atoms with van der Waals surface area (Å²) in [5.74, 6) is -6.25. The highest BCUT2D eigenvalue weighted by atomic mass is 79.9. The minimum Gasteiger partial charge on any atom is -0.462 e. The molecule has 0 spiro atoms. The van der Waals surface area contributed by atoms with Gasteiger partial charge in [0, 0.05) is 0 Å². The molecule has 0 saturated carbocycles. The number of ether oxygens (including phenoxy) is 2. The monoisotopic (exact) mass is 544 g/mol. The molecule has 3 aromatic rings. The maximum Gasteiger partial charge on any atom is 0.377 e. The van der Waals surface area contributed by atoms with E-state index in [4.69, 9.17) is 4.74 Å². The molecule has 0 saturated heterocycles. The number of rotatable bonds is 11. The van der Waals surface area contributed by atoms with Gasteiger partial charge in [-0.05, 0) is 43.0 Å². The first-order valence-corrected chi connectivity index (χ1v) is 12.1. The fraction of sp³-hybridized carbons (Fsp3) is 0.286. The van der Waals surface area contributed by atoms with Gasteiger partial charge in [-0.25, -0.2) is 9.59 Å². The second kappa shape index (κ2) is 12.1. The van der Waals surface area contributed by atoms with Crippen LogP contribution in [0.1, 0.15) is 34.8 Å². The highest BCUT2D eigenvalue weighted by Gasteiger charge is 2.50. The van der Waals surface area contributed by atoms with E-state index in [-0.39, 0.29) is 25.0 Å². The molecule has 1 unspecified atom stereocenters. The molecule has 0 radical (unpaired) electrons. The normalized spacial score (nSPS) is 12.6. The average Bonchev–Trinajstić information content (AvgIpc) is 2.85.